The molecule has 11 rings (SSSR count). The van der Waals surface area contributed by atoms with Crippen LogP contribution in [-0.4, -0.2) is 12.3 Å². The van der Waals surface area contributed by atoms with E-state index in [2.05, 4.69) is 154 Å². The molecule has 1 aromatic heterocycles. The Labute approximate surface area is 364 Å². The summed E-state index contributed by atoms with van der Waals surface area (Å²) in [5.41, 5.74) is 19.4. The van der Waals surface area contributed by atoms with Crippen LogP contribution in [0.5, 0.6) is 0 Å². The molecule has 1 saturated carbocycles. The van der Waals surface area contributed by atoms with Crippen LogP contribution in [0.3, 0.4) is 0 Å². The highest BCUT2D eigenvalue weighted by Gasteiger charge is 2.62. The van der Waals surface area contributed by atoms with E-state index in [9.17, 15) is 0 Å². The zero-order valence-corrected chi connectivity index (χ0v) is 39.7. The molecule has 0 N–H and O–H groups in total. The van der Waals surface area contributed by atoms with Gasteiger partial charge in [0, 0.05) is 37.9 Å². The number of halogens is 1. The molecule has 0 amide bonds. The van der Waals surface area contributed by atoms with Crippen LogP contribution < -0.4 is 26.2 Å². The van der Waals surface area contributed by atoms with E-state index in [1.54, 1.807) is 16.7 Å². The van der Waals surface area contributed by atoms with E-state index in [0.717, 1.165) is 5.02 Å². The summed E-state index contributed by atoms with van der Waals surface area (Å²) < 4.78 is 1.42. The average molecular weight is 819 g/mol. The maximum atomic E-state index is 7.49. The van der Waals surface area contributed by atoms with Gasteiger partial charge in [0.15, 0.2) is 0 Å². The molecule has 0 saturated heterocycles. The molecule has 3 aliphatic carbocycles. The van der Waals surface area contributed by atoms with Gasteiger partial charge in [0.05, 0.1) is 10.5 Å². The van der Waals surface area contributed by atoms with E-state index >= 15 is 0 Å². The minimum Gasteiger partial charge on any atom is -0.335 e. The fourth-order valence-corrected chi connectivity index (χ4v) is 14.8. The van der Waals surface area contributed by atoms with Gasteiger partial charge in [-0.3, -0.25) is 0 Å². The summed E-state index contributed by atoms with van der Waals surface area (Å²) in [5.74, 6) is 0. The normalized spacial score (nSPS) is 26.2. The molecule has 6 aliphatic rings. The molecule has 3 aliphatic heterocycles. The van der Waals surface area contributed by atoms with Gasteiger partial charge in [0.1, 0.15) is 0 Å². The highest BCUT2D eigenvalue weighted by molar-refractivity contribution is 7.26. The highest BCUT2D eigenvalue weighted by atomic mass is 35.5. The number of hydrogen-bond donors (Lipinski definition) is 0. The fraction of sp³-hybridized carbons (Fsp3) is 0.519. The molecule has 0 spiro atoms. The lowest BCUT2D eigenvalue weighted by molar-refractivity contribution is 0.195. The van der Waals surface area contributed by atoms with E-state index < -0.39 is 0 Å². The third-order valence-corrected chi connectivity index (χ3v) is 18.9. The zero-order valence-electron chi connectivity index (χ0n) is 38.1. The van der Waals surface area contributed by atoms with Gasteiger partial charge in [0.2, 0.25) is 0 Å². The number of thiophene rings is 1. The molecule has 0 radical (unpaired) electrons. The predicted molar refractivity (Wildman–Crippen MR) is 258 cm³/mol. The smallest absolute Gasteiger partial charge is 0.254 e. The van der Waals surface area contributed by atoms with Gasteiger partial charge in [0.25, 0.3) is 6.71 Å². The Morgan fingerprint density at radius 3 is 1.86 bits per heavy atom. The second-order valence-electron chi connectivity index (χ2n) is 24.0. The van der Waals surface area contributed by atoms with Crippen molar-refractivity contribution in [3.8, 4) is 0 Å². The third kappa shape index (κ3) is 4.94. The first-order chi connectivity index (χ1) is 27.5. The van der Waals surface area contributed by atoms with Crippen molar-refractivity contribution in [2.45, 2.75) is 179 Å². The molecule has 306 valence electrons. The number of benzene rings is 4. The van der Waals surface area contributed by atoms with Crippen molar-refractivity contribution in [1.29, 1.82) is 0 Å². The first-order valence-electron chi connectivity index (χ1n) is 22.9. The molecule has 2 unspecified atom stereocenters. The Balaban J connectivity index is 1.29. The summed E-state index contributed by atoms with van der Waals surface area (Å²) in [7, 11) is 0. The Hall–Kier alpha value is -3.21. The van der Waals surface area contributed by atoms with Gasteiger partial charge < -0.3 is 9.80 Å². The summed E-state index contributed by atoms with van der Waals surface area (Å²) in [6, 6.07) is 22.8. The van der Waals surface area contributed by atoms with Crippen LogP contribution in [0.15, 0.2) is 54.6 Å². The first-order valence-corrected chi connectivity index (χ1v) is 24.1. The van der Waals surface area contributed by atoms with Crippen molar-refractivity contribution < 1.29 is 0 Å². The van der Waals surface area contributed by atoms with Crippen molar-refractivity contribution in [1.82, 2.24) is 0 Å². The minimum atomic E-state index is -0.0554. The topological polar surface area (TPSA) is 6.48 Å². The van der Waals surface area contributed by atoms with Gasteiger partial charge in [-0.25, -0.2) is 0 Å². The Morgan fingerprint density at radius 2 is 1.20 bits per heavy atom. The molecule has 2 nitrogen and oxygen atoms in total. The summed E-state index contributed by atoms with van der Waals surface area (Å²) in [4.78, 5) is 5.51. The molecule has 4 heterocycles. The van der Waals surface area contributed by atoms with Gasteiger partial charge in [-0.15, -0.1) is 11.3 Å². The Bertz CT molecular complexity index is 2690. The summed E-state index contributed by atoms with van der Waals surface area (Å²) in [6.45, 7) is 32.3. The fourth-order valence-electron chi connectivity index (χ4n) is 13.3. The van der Waals surface area contributed by atoms with E-state index in [-0.39, 0.29) is 44.7 Å². The summed E-state index contributed by atoms with van der Waals surface area (Å²) >= 11 is 9.52. The van der Waals surface area contributed by atoms with E-state index in [4.69, 9.17) is 11.6 Å². The van der Waals surface area contributed by atoms with Crippen molar-refractivity contribution in [2.75, 3.05) is 9.80 Å². The van der Waals surface area contributed by atoms with E-state index in [1.807, 2.05) is 11.3 Å². The lowest BCUT2D eigenvalue weighted by Crippen LogP contribution is -2.64. The largest absolute Gasteiger partial charge is 0.335 e. The molecule has 0 bridgehead atoms. The van der Waals surface area contributed by atoms with Crippen LogP contribution >= 0.6 is 22.9 Å². The van der Waals surface area contributed by atoms with Gasteiger partial charge in [-0.2, -0.15) is 0 Å². The minimum absolute atomic E-state index is 0.0160. The van der Waals surface area contributed by atoms with Crippen LogP contribution in [0.25, 0.3) is 10.1 Å². The monoisotopic (exact) mass is 818 g/mol. The number of rotatable bonds is 1. The van der Waals surface area contributed by atoms with Crippen LogP contribution in [-0.2, 0) is 32.5 Å². The van der Waals surface area contributed by atoms with E-state index in [0.29, 0.717) is 0 Å². The SMILES string of the molecule is CC(C)(C)c1cc2c3c(c1)C1(C)CCCCC1(C)N3c1cc(Cl)cc3c1B2c1c(sc2cc4c(cc12)C(C)(C)CCC4(C)C)N3c1ccc2c(c1)C(C)(C)CCC2(C)C. The van der Waals surface area contributed by atoms with Gasteiger partial charge >= 0.3 is 0 Å². The van der Waals surface area contributed by atoms with Crippen molar-refractivity contribution in [2.24, 2.45) is 0 Å². The molecule has 5 heteroatoms. The van der Waals surface area contributed by atoms with Gasteiger partial charge in [-0.1, -0.05) is 126 Å². The zero-order chi connectivity index (χ0) is 41.8. The number of anilines is 5. The van der Waals surface area contributed by atoms with Crippen molar-refractivity contribution in [3.63, 3.8) is 0 Å². The number of hydrogen-bond acceptors (Lipinski definition) is 3. The van der Waals surface area contributed by atoms with Crippen LogP contribution in [0, 0.1) is 0 Å². The molecular weight excluding hydrogens is 755 g/mol. The Kier molecular flexibility index (Phi) is 7.62. The first kappa shape index (κ1) is 38.7. The second-order valence-corrected chi connectivity index (χ2v) is 25.4. The molecule has 1 fully saturated rings. The lowest BCUT2D eigenvalue weighted by Gasteiger charge is -2.52. The summed E-state index contributed by atoms with van der Waals surface area (Å²) in [6.07, 6.45) is 9.75. The molecule has 2 atom stereocenters. The van der Waals surface area contributed by atoms with Crippen LogP contribution in [0.2, 0.25) is 5.02 Å². The van der Waals surface area contributed by atoms with Crippen LogP contribution in [0.1, 0.15) is 175 Å². The van der Waals surface area contributed by atoms with Crippen molar-refractivity contribution >= 4 is 83.9 Å². The second kappa shape index (κ2) is 11.6. The maximum Gasteiger partial charge on any atom is 0.254 e. The molecule has 59 heavy (non-hydrogen) atoms. The average Bonchev–Trinajstić information content (AvgIpc) is 3.63. The summed E-state index contributed by atoms with van der Waals surface area (Å²) in [5, 5.41) is 3.65. The molecule has 4 aromatic carbocycles. The van der Waals surface area contributed by atoms with Crippen molar-refractivity contribution in [3.05, 3.63) is 93.0 Å². The quantitative estimate of drug-likeness (QED) is 0.153. The number of fused-ring (bicyclic) bond motifs is 11. The van der Waals surface area contributed by atoms with Gasteiger partial charge in [-0.05, 0) is 164 Å². The molecular formula is C54H64BClN2S. The van der Waals surface area contributed by atoms with E-state index in [1.165, 1.54) is 122 Å². The maximum absolute atomic E-state index is 7.49. The molecule has 5 aromatic rings. The van der Waals surface area contributed by atoms with Crippen LogP contribution in [0.4, 0.5) is 27.8 Å². The lowest BCUT2D eigenvalue weighted by atomic mass is 9.33. The third-order valence-electron chi connectivity index (χ3n) is 17.5. The standard InChI is InChI=1S/C54H64BClN2S/c1-48(2,3)31-24-39-46-40(25-31)55-44-34-29-37-38(52(10,11)23-22-51(37,8)9)30-43(34)59-47(44)57(33-16-17-35-36(28-33)50(6,7)21-20-49(35,4)5)41-26-32(56)27-42(45(41)55)58(46)54(13)19-15-14-18-53(39,54)12/h16-17,24-30H,14-15,18-23H2,1-13H3. The Morgan fingerprint density at radius 1 is 0.610 bits per heavy atom. The number of nitrogens with zero attached hydrogens (tertiary/aromatic N) is 2. The highest BCUT2D eigenvalue weighted by Crippen LogP contribution is 2.63. The predicted octanol–water partition coefficient (Wildman–Crippen LogP) is 13.9.